The summed E-state index contributed by atoms with van der Waals surface area (Å²) in [5.74, 6) is -1.81. The number of tetrazole rings is 1. The Hall–Kier alpha value is -2.81. The van der Waals surface area contributed by atoms with Crippen LogP contribution in [0.25, 0.3) is 0 Å². The van der Waals surface area contributed by atoms with Gasteiger partial charge in [-0.15, -0.1) is 5.10 Å². The van der Waals surface area contributed by atoms with Gasteiger partial charge in [0.05, 0.1) is 17.5 Å². The highest BCUT2D eigenvalue weighted by atomic mass is 32.2. The van der Waals surface area contributed by atoms with Crippen LogP contribution >= 0.6 is 11.8 Å². The molecule has 1 amide bonds. The number of carbonyl (C=O) groups is 1. The van der Waals surface area contributed by atoms with Crippen molar-refractivity contribution in [3.63, 3.8) is 0 Å². The average molecular weight is 375 g/mol. The largest absolute Gasteiger partial charge is 0.323 e. The number of thioether (sulfide) groups is 1. The van der Waals surface area contributed by atoms with E-state index in [0.29, 0.717) is 11.7 Å². The summed E-state index contributed by atoms with van der Waals surface area (Å²) in [4.78, 5) is 12.3. The summed E-state index contributed by atoms with van der Waals surface area (Å²) in [6, 6.07) is 12.5. The molecule has 1 heterocycles. The third-order valence-electron chi connectivity index (χ3n) is 3.51. The summed E-state index contributed by atoms with van der Waals surface area (Å²) in [5.41, 5.74) is 0.812. The summed E-state index contributed by atoms with van der Waals surface area (Å²) in [6.45, 7) is 2.10. The molecule has 0 saturated heterocycles. The average Bonchev–Trinajstić information content (AvgIpc) is 3.05. The molecular formula is C17H15F2N5OS. The van der Waals surface area contributed by atoms with E-state index in [-0.39, 0.29) is 5.69 Å². The quantitative estimate of drug-likeness (QED) is 0.670. The van der Waals surface area contributed by atoms with Crippen LogP contribution in [-0.4, -0.2) is 31.4 Å². The smallest absolute Gasteiger partial charge is 0.237 e. The zero-order valence-electron chi connectivity index (χ0n) is 13.8. The molecule has 3 rings (SSSR count). The fourth-order valence-corrected chi connectivity index (χ4v) is 2.96. The molecule has 0 aliphatic rings. The SMILES string of the molecule is CC(Sc1nnnn1Cc1ccccc1)C(=O)Nc1cc(F)ccc1F. The van der Waals surface area contributed by atoms with E-state index in [9.17, 15) is 13.6 Å². The van der Waals surface area contributed by atoms with Crippen molar-refractivity contribution in [2.45, 2.75) is 23.9 Å². The maximum atomic E-state index is 13.7. The van der Waals surface area contributed by atoms with E-state index in [0.717, 1.165) is 35.5 Å². The third kappa shape index (κ3) is 4.42. The predicted molar refractivity (Wildman–Crippen MR) is 93.7 cm³/mol. The summed E-state index contributed by atoms with van der Waals surface area (Å²) >= 11 is 1.13. The molecule has 0 aliphatic carbocycles. The Bertz CT molecular complexity index is 903. The van der Waals surface area contributed by atoms with Gasteiger partial charge in [-0.3, -0.25) is 4.79 Å². The fourth-order valence-electron chi connectivity index (χ4n) is 2.18. The summed E-state index contributed by atoms with van der Waals surface area (Å²) in [6.07, 6.45) is 0. The highest BCUT2D eigenvalue weighted by molar-refractivity contribution is 8.00. The number of nitrogens with one attached hydrogen (secondary N) is 1. The van der Waals surface area contributed by atoms with Crippen molar-refractivity contribution in [3.8, 4) is 0 Å². The normalized spacial score (nSPS) is 12.0. The third-order valence-corrected chi connectivity index (χ3v) is 4.58. The molecule has 9 heteroatoms. The Balaban J connectivity index is 1.66. The summed E-state index contributed by atoms with van der Waals surface area (Å²) < 4.78 is 28.4. The van der Waals surface area contributed by atoms with Crippen LogP contribution < -0.4 is 5.32 Å². The van der Waals surface area contributed by atoms with Crippen molar-refractivity contribution in [1.82, 2.24) is 20.2 Å². The highest BCUT2D eigenvalue weighted by Crippen LogP contribution is 2.23. The van der Waals surface area contributed by atoms with Crippen molar-refractivity contribution in [2.75, 3.05) is 5.32 Å². The molecule has 0 saturated carbocycles. The predicted octanol–water partition coefficient (Wildman–Crippen LogP) is 3.12. The van der Waals surface area contributed by atoms with Gasteiger partial charge in [-0.05, 0) is 35.0 Å². The fraction of sp³-hybridized carbons (Fsp3) is 0.176. The minimum absolute atomic E-state index is 0.202. The van der Waals surface area contributed by atoms with Crippen LogP contribution in [0.15, 0.2) is 53.7 Å². The molecule has 0 bridgehead atoms. The zero-order valence-corrected chi connectivity index (χ0v) is 14.6. The number of benzene rings is 2. The number of nitrogens with zero attached hydrogens (tertiary/aromatic N) is 4. The van der Waals surface area contributed by atoms with E-state index < -0.39 is 22.8 Å². The monoisotopic (exact) mass is 375 g/mol. The second-order valence-corrected chi connectivity index (χ2v) is 6.79. The van der Waals surface area contributed by atoms with Gasteiger partial charge in [-0.2, -0.15) is 0 Å². The van der Waals surface area contributed by atoms with Gasteiger partial charge in [-0.25, -0.2) is 13.5 Å². The van der Waals surface area contributed by atoms with Crippen molar-refractivity contribution in [2.24, 2.45) is 0 Å². The molecule has 26 heavy (non-hydrogen) atoms. The zero-order chi connectivity index (χ0) is 18.5. The molecule has 0 spiro atoms. The van der Waals surface area contributed by atoms with Gasteiger partial charge in [-0.1, -0.05) is 42.1 Å². The molecule has 1 aromatic heterocycles. The molecule has 0 aliphatic heterocycles. The maximum Gasteiger partial charge on any atom is 0.237 e. The molecule has 0 radical (unpaired) electrons. The van der Waals surface area contributed by atoms with Crippen molar-refractivity contribution in [1.29, 1.82) is 0 Å². The summed E-state index contributed by atoms with van der Waals surface area (Å²) in [5, 5.41) is 13.7. The number of carbonyl (C=O) groups excluding carboxylic acids is 1. The Morgan fingerprint density at radius 2 is 2.00 bits per heavy atom. The standard InChI is InChI=1S/C17H15F2N5OS/c1-11(16(25)20-15-9-13(18)7-8-14(15)19)26-17-21-22-23-24(17)10-12-5-3-2-4-6-12/h2-9,11H,10H2,1H3,(H,20,25). The molecule has 0 fully saturated rings. The minimum atomic E-state index is -0.703. The van der Waals surface area contributed by atoms with Crippen LogP contribution in [0.2, 0.25) is 0 Å². The van der Waals surface area contributed by atoms with Crippen LogP contribution in [0.5, 0.6) is 0 Å². The van der Waals surface area contributed by atoms with E-state index in [4.69, 9.17) is 0 Å². The molecular weight excluding hydrogens is 360 g/mol. The number of hydrogen-bond acceptors (Lipinski definition) is 5. The Labute approximate surface area is 152 Å². The van der Waals surface area contributed by atoms with Gasteiger partial charge >= 0.3 is 0 Å². The van der Waals surface area contributed by atoms with E-state index in [1.165, 1.54) is 0 Å². The maximum absolute atomic E-state index is 13.7. The number of anilines is 1. The lowest BCUT2D eigenvalue weighted by Gasteiger charge is -2.12. The minimum Gasteiger partial charge on any atom is -0.323 e. The number of halogens is 2. The summed E-state index contributed by atoms with van der Waals surface area (Å²) in [7, 11) is 0. The van der Waals surface area contributed by atoms with E-state index in [1.54, 1.807) is 11.6 Å². The Morgan fingerprint density at radius 3 is 2.77 bits per heavy atom. The van der Waals surface area contributed by atoms with Gasteiger partial charge in [0.1, 0.15) is 11.6 Å². The molecule has 1 N–H and O–H groups in total. The first kappa shape index (κ1) is 18.0. The first-order valence-electron chi connectivity index (χ1n) is 7.75. The number of amides is 1. The van der Waals surface area contributed by atoms with Gasteiger partial charge in [0.15, 0.2) is 0 Å². The first-order chi connectivity index (χ1) is 12.5. The molecule has 3 aromatic rings. The second kappa shape index (κ2) is 8.05. The molecule has 1 unspecified atom stereocenters. The lowest BCUT2D eigenvalue weighted by Crippen LogP contribution is -2.23. The van der Waals surface area contributed by atoms with Gasteiger partial charge in [0.25, 0.3) is 0 Å². The second-order valence-electron chi connectivity index (χ2n) is 5.48. The van der Waals surface area contributed by atoms with Crippen LogP contribution in [0.3, 0.4) is 0 Å². The van der Waals surface area contributed by atoms with Crippen molar-refractivity contribution < 1.29 is 13.6 Å². The molecule has 1 atom stereocenters. The molecule has 134 valence electrons. The number of aromatic nitrogens is 4. The van der Waals surface area contributed by atoms with E-state index in [2.05, 4.69) is 20.8 Å². The Kier molecular flexibility index (Phi) is 5.57. The molecule has 2 aromatic carbocycles. The number of hydrogen-bond donors (Lipinski definition) is 1. The first-order valence-corrected chi connectivity index (χ1v) is 8.63. The van der Waals surface area contributed by atoms with Crippen molar-refractivity contribution in [3.05, 3.63) is 65.7 Å². The van der Waals surface area contributed by atoms with Gasteiger partial charge in [0.2, 0.25) is 11.1 Å². The number of rotatable bonds is 6. The van der Waals surface area contributed by atoms with Gasteiger partial charge in [0, 0.05) is 6.07 Å². The highest BCUT2D eigenvalue weighted by Gasteiger charge is 2.20. The lowest BCUT2D eigenvalue weighted by molar-refractivity contribution is -0.115. The van der Waals surface area contributed by atoms with Crippen LogP contribution in [-0.2, 0) is 11.3 Å². The van der Waals surface area contributed by atoms with E-state index >= 15 is 0 Å². The molecule has 6 nitrogen and oxygen atoms in total. The van der Waals surface area contributed by atoms with Crippen LogP contribution in [0.4, 0.5) is 14.5 Å². The van der Waals surface area contributed by atoms with Crippen molar-refractivity contribution >= 4 is 23.4 Å². The van der Waals surface area contributed by atoms with Crippen LogP contribution in [0.1, 0.15) is 12.5 Å². The van der Waals surface area contributed by atoms with E-state index in [1.807, 2.05) is 30.3 Å². The lowest BCUT2D eigenvalue weighted by atomic mass is 10.2. The van der Waals surface area contributed by atoms with Gasteiger partial charge < -0.3 is 5.32 Å². The topological polar surface area (TPSA) is 72.7 Å². The Morgan fingerprint density at radius 1 is 1.23 bits per heavy atom. The van der Waals surface area contributed by atoms with Crippen LogP contribution in [0, 0.1) is 11.6 Å².